The highest BCUT2D eigenvalue weighted by Crippen LogP contribution is 2.68. The number of pyridine rings is 1. The maximum Gasteiger partial charge on any atom is 0.137 e. The van der Waals surface area contributed by atoms with Crippen molar-refractivity contribution in [1.82, 2.24) is 9.55 Å². The van der Waals surface area contributed by atoms with E-state index in [1.807, 2.05) is 6.20 Å². The van der Waals surface area contributed by atoms with Crippen molar-refractivity contribution >= 4 is 56.9 Å². The minimum atomic E-state index is -0.680. The lowest BCUT2D eigenvalue weighted by atomic mass is 9.49. The highest BCUT2D eigenvalue weighted by Gasteiger charge is 2.59. The van der Waals surface area contributed by atoms with Crippen LogP contribution in [0.15, 0.2) is 212 Å². The molecular formula is C62H45N5. The third kappa shape index (κ3) is 4.95. The number of hydrogen-bond donors (Lipinski definition) is 1. The summed E-state index contributed by atoms with van der Waals surface area (Å²) in [6, 6.07) is 74.9. The molecule has 0 saturated heterocycles. The largest absolute Gasteiger partial charge is 0.379 e. The van der Waals surface area contributed by atoms with Crippen LogP contribution in [0.25, 0.3) is 22.7 Å². The predicted molar refractivity (Wildman–Crippen MR) is 275 cm³/mol. The summed E-state index contributed by atoms with van der Waals surface area (Å²) in [6.07, 6.45) is 6.46. The zero-order valence-corrected chi connectivity index (χ0v) is 37.3. The van der Waals surface area contributed by atoms with E-state index >= 15 is 0 Å². The first-order chi connectivity index (χ1) is 33.1. The quantitative estimate of drug-likeness (QED) is 0.192. The van der Waals surface area contributed by atoms with E-state index in [0.29, 0.717) is 0 Å². The molecule has 2 spiro atoms. The molecule has 3 aliphatic heterocycles. The molecule has 0 radical (unpaired) electrons. The van der Waals surface area contributed by atoms with Gasteiger partial charge in [-0.2, -0.15) is 0 Å². The van der Waals surface area contributed by atoms with E-state index in [0.717, 1.165) is 46.3 Å². The average Bonchev–Trinajstić information content (AvgIpc) is 3.72. The summed E-state index contributed by atoms with van der Waals surface area (Å²) < 4.78 is 2.33. The molecule has 1 aliphatic carbocycles. The summed E-state index contributed by atoms with van der Waals surface area (Å²) in [5.74, 6) is 0.873. The smallest absolute Gasteiger partial charge is 0.137 e. The Morgan fingerprint density at radius 1 is 0.448 bits per heavy atom. The van der Waals surface area contributed by atoms with Crippen molar-refractivity contribution in [3.8, 4) is 5.69 Å². The standard InChI is InChI=1S/C62H45N5/c1-40-30-33-56-51(37-40)62(52-38-41(2)31-34-57(52)67(56)59-35-32-43(39-64-59)66-53-26-13-6-19-44(53)60-58(66)29-16-36-63-60)47-22-9-7-20-45(47)61(46-21-8-10-23-48(46)62)49-24-11-14-27-54(49)65(42-17-4-3-5-18-42)55-28-15-12-25-50(55)61/h3-35,37-39,63H,36H2,1-2H3. The Labute approximate surface area is 390 Å². The number of nitrogens with one attached hydrogen (secondary N) is 1. The molecule has 5 nitrogen and oxygen atoms in total. The lowest BCUT2D eigenvalue weighted by Gasteiger charge is -2.56. The predicted octanol–water partition coefficient (Wildman–Crippen LogP) is 14.7. The van der Waals surface area contributed by atoms with Crippen LogP contribution in [0.4, 0.5) is 39.9 Å². The highest BCUT2D eigenvalue weighted by molar-refractivity contribution is 6.01. The van der Waals surface area contributed by atoms with Crippen LogP contribution in [0.1, 0.15) is 61.3 Å². The molecule has 10 aromatic rings. The van der Waals surface area contributed by atoms with Gasteiger partial charge in [-0.15, -0.1) is 0 Å². The Kier molecular flexibility index (Phi) is 7.95. The van der Waals surface area contributed by atoms with Crippen LogP contribution in [0.3, 0.4) is 0 Å². The van der Waals surface area contributed by atoms with Crippen LogP contribution >= 0.6 is 0 Å². The maximum atomic E-state index is 5.39. The number of anilines is 7. The molecule has 0 saturated carbocycles. The van der Waals surface area contributed by atoms with Gasteiger partial charge in [-0.25, -0.2) is 4.98 Å². The monoisotopic (exact) mass is 859 g/mol. The molecule has 14 rings (SSSR count). The van der Waals surface area contributed by atoms with Gasteiger partial charge in [0.15, 0.2) is 0 Å². The van der Waals surface area contributed by atoms with Crippen LogP contribution < -0.4 is 15.1 Å². The summed E-state index contributed by atoms with van der Waals surface area (Å²) in [6.45, 7) is 5.28. The van der Waals surface area contributed by atoms with Crippen molar-refractivity contribution in [3.05, 3.63) is 274 Å². The normalized spacial score (nSPS) is 15.2. The summed E-state index contributed by atoms with van der Waals surface area (Å²) in [7, 11) is 0. The van der Waals surface area contributed by atoms with Crippen LogP contribution in [-0.4, -0.2) is 16.1 Å². The van der Waals surface area contributed by atoms with E-state index in [9.17, 15) is 0 Å². The van der Waals surface area contributed by atoms with Crippen molar-refractivity contribution in [2.75, 3.05) is 21.7 Å². The van der Waals surface area contributed by atoms with E-state index in [1.165, 1.54) is 78.1 Å². The molecule has 0 atom stereocenters. The zero-order valence-electron chi connectivity index (χ0n) is 37.3. The molecule has 8 aromatic carbocycles. The average molecular weight is 860 g/mol. The van der Waals surface area contributed by atoms with Crippen molar-refractivity contribution in [1.29, 1.82) is 0 Å². The minimum Gasteiger partial charge on any atom is -0.379 e. The molecule has 0 unspecified atom stereocenters. The van der Waals surface area contributed by atoms with Crippen molar-refractivity contribution in [2.24, 2.45) is 0 Å². The van der Waals surface area contributed by atoms with E-state index in [-0.39, 0.29) is 0 Å². The molecule has 318 valence electrons. The first kappa shape index (κ1) is 37.9. The molecule has 2 aromatic heterocycles. The van der Waals surface area contributed by atoms with E-state index < -0.39 is 10.8 Å². The Bertz CT molecular complexity index is 3540. The summed E-state index contributed by atoms with van der Waals surface area (Å²) in [5, 5.41) is 4.84. The second-order valence-corrected chi connectivity index (χ2v) is 18.4. The second kappa shape index (κ2) is 14.0. The highest BCUT2D eigenvalue weighted by atomic mass is 15.2. The van der Waals surface area contributed by atoms with Crippen LogP contribution in [0.2, 0.25) is 0 Å². The first-order valence-electron chi connectivity index (χ1n) is 23.4. The second-order valence-electron chi connectivity index (χ2n) is 18.4. The zero-order chi connectivity index (χ0) is 44.4. The van der Waals surface area contributed by atoms with Gasteiger partial charge in [0.2, 0.25) is 0 Å². The van der Waals surface area contributed by atoms with Gasteiger partial charge in [0, 0.05) is 17.6 Å². The molecule has 4 aliphatic rings. The van der Waals surface area contributed by atoms with E-state index in [4.69, 9.17) is 4.98 Å². The number of hydrogen-bond acceptors (Lipinski definition) is 4. The molecule has 0 bridgehead atoms. The molecular weight excluding hydrogens is 815 g/mol. The van der Waals surface area contributed by atoms with Crippen molar-refractivity contribution in [2.45, 2.75) is 24.7 Å². The van der Waals surface area contributed by atoms with Crippen LogP contribution in [-0.2, 0) is 10.8 Å². The number of nitrogens with zero attached hydrogens (tertiary/aromatic N) is 4. The fourth-order valence-electron chi connectivity index (χ4n) is 12.5. The summed E-state index contributed by atoms with van der Waals surface area (Å²) in [4.78, 5) is 10.2. The first-order valence-corrected chi connectivity index (χ1v) is 23.4. The number of fused-ring (bicyclic) bond motifs is 17. The minimum absolute atomic E-state index is 0.633. The third-order valence-corrected chi connectivity index (χ3v) is 15.0. The number of benzene rings is 8. The maximum absolute atomic E-state index is 5.39. The van der Waals surface area contributed by atoms with Gasteiger partial charge in [-0.05, 0) is 119 Å². The molecule has 0 fully saturated rings. The van der Waals surface area contributed by atoms with Gasteiger partial charge in [0.1, 0.15) is 5.82 Å². The topological polar surface area (TPSA) is 36.3 Å². The van der Waals surface area contributed by atoms with Gasteiger partial charge in [0.05, 0.1) is 62.4 Å². The Morgan fingerprint density at radius 2 is 0.955 bits per heavy atom. The van der Waals surface area contributed by atoms with Gasteiger partial charge in [0.25, 0.3) is 0 Å². The molecule has 1 N–H and O–H groups in total. The van der Waals surface area contributed by atoms with Crippen molar-refractivity contribution in [3.63, 3.8) is 0 Å². The molecule has 0 amide bonds. The number of para-hydroxylation sites is 4. The van der Waals surface area contributed by atoms with E-state index in [2.05, 4.69) is 246 Å². The van der Waals surface area contributed by atoms with Crippen LogP contribution in [0, 0.1) is 13.8 Å². The Hall–Kier alpha value is -8.41. The third-order valence-electron chi connectivity index (χ3n) is 15.0. The molecule has 67 heavy (non-hydrogen) atoms. The lowest BCUT2D eigenvalue weighted by Crippen LogP contribution is -2.49. The van der Waals surface area contributed by atoms with Gasteiger partial charge in [-0.3, -0.25) is 4.90 Å². The number of rotatable bonds is 3. The van der Waals surface area contributed by atoms with Gasteiger partial charge in [-0.1, -0.05) is 163 Å². The molecule has 5 heterocycles. The summed E-state index contributed by atoms with van der Waals surface area (Å²) >= 11 is 0. The number of aromatic nitrogens is 2. The van der Waals surface area contributed by atoms with Gasteiger partial charge < -0.3 is 14.8 Å². The van der Waals surface area contributed by atoms with Crippen LogP contribution in [0.5, 0.6) is 0 Å². The summed E-state index contributed by atoms with van der Waals surface area (Å²) in [5.41, 5.74) is 21.6. The fraction of sp³-hybridized carbons (Fsp3) is 0.0806. The Balaban J connectivity index is 1.04. The van der Waals surface area contributed by atoms with Gasteiger partial charge >= 0.3 is 0 Å². The fourth-order valence-corrected chi connectivity index (χ4v) is 12.5. The van der Waals surface area contributed by atoms with Crippen molar-refractivity contribution < 1.29 is 0 Å². The van der Waals surface area contributed by atoms with E-state index in [1.54, 1.807) is 0 Å². The molecule has 5 heteroatoms. The SMILES string of the molecule is Cc1ccc2c(c1)C1(c3cc(C)ccc3N2c2ccc(-n3c4c(c5ccccc53)NCC=C4)cn2)c2ccccc2C2(c3ccccc3N(c3ccccc3)c3ccccc32)c2ccccc21. The number of aryl methyl sites for hydroxylation is 2. The Morgan fingerprint density at radius 3 is 1.54 bits per heavy atom. The lowest BCUT2D eigenvalue weighted by molar-refractivity contribution is 0.607.